The molecule has 0 heterocycles. The van der Waals surface area contributed by atoms with Crippen LogP contribution in [0.25, 0.3) is 0 Å². The van der Waals surface area contributed by atoms with E-state index in [4.69, 9.17) is 5.11 Å². The highest BCUT2D eigenvalue weighted by Crippen LogP contribution is 2.31. The summed E-state index contributed by atoms with van der Waals surface area (Å²) in [7, 11) is 0. The van der Waals surface area contributed by atoms with Gasteiger partial charge in [0.1, 0.15) is 0 Å². The van der Waals surface area contributed by atoms with Gasteiger partial charge in [-0.15, -0.1) is 0 Å². The molecule has 2 atom stereocenters. The van der Waals surface area contributed by atoms with Gasteiger partial charge < -0.3 is 5.11 Å². The van der Waals surface area contributed by atoms with E-state index in [-0.39, 0.29) is 18.1 Å². The van der Waals surface area contributed by atoms with Gasteiger partial charge in [-0.25, -0.2) is 0 Å². The van der Waals surface area contributed by atoms with Gasteiger partial charge in [0.05, 0.1) is 0 Å². The standard InChI is InChI=1S/C20H26O3/c21-19-15-14-17(13-12-16-8-4-3-5-9-16)18(19)10-6-1-2-7-11-20(22)23/h3-5,8-9,14-15,17-18H,1-2,6-7,10-13H2,(H,22,23)/t17-,18+/m1/s1. The SMILES string of the molecule is O=C(O)CCCCCC[C@@H]1C(=O)C=C[C@H]1CCc1ccccc1. The fraction of sp³-hybridized carbons (Fsp3) is 0.500. The smallest absolute Gasteiger partial charge is 0.303 e. The largest absolute Gasteiger partial charge is 0.481 e. The van der Waals surface area contributed by atoms with Gasteiger partial charge in [0.2, 0.25) is 0 Å². The number of carbonyl (C=O) groups excluding carboxylic acids is 1. The van der Waals surface area contributed by atoms with Crippen molar-refractivity contribution in [1.29, 1.82) is 0 Å². The Hall–Kier alpha value is -1.90. The molecule has 0 fully saturated rings. The van der Waals surface area contributed by atoms with E-state index in [1.807, 2.05) is 6.07 Å². The van der Waals surface area contributed by atoms with E-state index in [9.17, 15) is 9.59 Å². The molecule has 2 rings (SSSR count). The van der Waals surface area contributed by atoms with E-state index in [0.717, 1.165) is 44.9 Å². The molecule has 23 heavy (non-hydrogen) atoms. The maximum atomic E-state index is 12.0. The number of aryl methyl sites for hydroxylation is 1. The van der Waals surface area contributed by atoms with Crippen molar-refractivity contribution in [2.24, 2.45) is 11.8 Å². The molecule has 1 aromatic carbocycles. The lowest BCUT2D eigenvalue weighted by Crippen LogP contribution is -2.16. The summed E-state index contributed by atoms with van der Waals surface area (Å²) in [6.07, 6.45) is 10.8. The van der Waals surface area contributed by atoms with E-state index in [1.54, 1.807) is 6.08 Å². The number of hydrogen-bond acceptors (Lipinski definition) is 2. The van der Waals surface area contributed by atoms with E-state index in [1.165, 1.54) is 5.56 Å². The number of carboxylic acids is 1. The zero-order chi connectivity index (χ0) is 16.5. The summed E-state index contributed by atoms with van der Waals surface area (Å²) in [5.74, 6) is 0.0506. The third-order valence-corrected chi connectivity index (χ3v) is 4.65. The van der Waals surface area contributed by atoms with Crippen molar-refractivity contribution in [3.63, 3.8) is 0 Å². The Morgan fingerprint density at radius 1 is 1.00 bits per heavy atom. The Morgan fingerprint density at radius 2 is 1.74 bits per heavy atom. The van der Waals surface area contributed by atoms with Crippen molar-refractivity contribution < 1.29 is 14.7 Å². The second kappa shape index (κ2) is 9.29. The molecule has 0 spiro atoms. The Bertz CT molecular complexity index is 533. The summed E-state index contributed by atoms with van der Waals surface area (Å²) in [5, 5.41) is 8.61. The predicted molar refractivity (Wildman–Crippen MR) is 91.2 cm³/mol. The van der Waals surface area contributed by atoms with E-state index >= 15 is 0 Å². The van der Waals surface area contributed by atoms with Crippen LogP contribution in [-0.4, -0.2) is 16.9 Å². The lowest BCUT2D eigenvalue weighted by atomic mass is 9.85. The lowest BCUT2D eigenvalue weighted by molar-refractivity contribution is -0.137. The quantitative estimate of drug-likeness (QED) is 0.651. The molecule has 0 saturated carbocycles. The Balaban J connectivity index is 1.69. The van der Waals surface area contributed by atoms with Gasteiger partial charge >= 0.3 is 5.97 Å². The molecule has 3 nitrogen and oxygen atoms in total. The monoisotopic (exact) mass is 314 g/mol. The molecule has 0 amide bonds. The Labute approximate surface area is 138 Å². The predicted octanol–water partition coefficient (Wildman–Crippen LogP) is 4.42. The minimum absolute atomic E-state index is 0.137. The molecule has 0 saturated heterocycles. The maximum absolute atomic E-state index is 12.0. The number of carboxylic acid groups (broad SMARTS) is 1. The summed E-state index contributed by atoms with van der Waals surface area (Å²) in [5.41, 5.74) is 1.33. The molecular formula is C20H26O3. The second-order valence-corrected chi connectivity index (χ2v) is 6.40. The minimum atomic E-state index is -0.721. The molecule has 1 aromatic rings. The third kappa shape index (κ3) is 6.01. The van der Waals surface area contributed by atoms with Gasteiger partial charge in [0, 0.05) is 12.3 Å². The van der Waals surface area contributed by atoms with Crippen LogP contribution in [0, 0.1) is 11.8 Å². The molecule has 124 valence electrons. The fourth-order valence-electron chi connectivity index (χ4n) is 3.31. The van der Waals surface area contributed by atoms with E-state index in [0.29, 0.717) is 5.92 Å². The third-order valence-electron chi connectivity index (χ3n) is 4.65. The van der Waals surface area contributed by atoms with Gasteiger partial charge in [-0.1, -0.05) is 55.7 Å². The zero-order valence-corrected chi connectivity index (χ0v) is 13.6. The molecule has 1 N–H and O–H groups in total. The Kier molecular flexibility index (Phi) is 7.05. The number of ketones is 1. The van der Waals surface area contributed by atoms with Gasteiger partial charge in [0.25, 0.3) is 0 Å². The van der Waals surface area contributed by atoms with Crippen LogP contribution < -0.4 is 0 Å². The van der Waals surface area contributed by atoms with Crippen molar-refractivity contribution in [1.82, 2.24) is 0 Å². The van der Waals surface area contributed by atoms with Crippen LogP contribution in [0.15, 0.2) is 42.5 Å². The van der Waals surface area contributed by atoms with Crippen molar-refractivity contribution in [2.75, 3.05) is 0 Å². The van der Waals surface area contributed by atoms with Crippen molar-refractivity contribution in [3.05, 3.63) is 48.0 Å². The average Bonchev–Trinajstić information content (AvgIpc) is 2.90. The Morgan fingerprint density at radius 3 is 2.48 bits per heavy atom. The molecule has 1 aliphatic carbocycles. The first-order valence-electron chi connectivity index (χ1n) is 8.64. The number of hydrogen-bond donors (Lipinski definition) is 1. The summed E-state index contributed by atoms with van der Waals surface area (Å²) < 4.78 is 0. The van der Waals surface area contributed by atoms with Crippen molar-refractivity contribution in [2.45, 2.75) is 51.4 Å². The minimum Gasteiger partial charge on any atom is -0.481 e. The highest BCUT2D eigenvalue weighted by atomic mass is 16.4. The van der Waals surface area contributed by atoms with Crippen LogP contribution in [0.1, 0.15) is 50.5 Å². The first-order valence-corrected chi connectivity index (χ1v) is 8.64. The number of carbonyl (C=O) groups is 2. The maximum Gasteiger partial charge on any atom is 0.303 e. The lowest BCUT2D eigenvalue weighted by Gasteiger charge is -2.18. The summed E-state index contributed by atoms with van der Waals surface area (Å²) >= 11 is 0. The summed E-state index contributed by atoms with van der Waals surface area (Å²) in [6, 6.07) is 10.4. The normalized spacial score (nSPS) is 20.1. The van der Waals surface area contributed by atoms with Crippen LogP contribution >= 0.6 is 0 Å². The number of rotatable bonds is 10. The molecule has 0 unspecified atom stereocenters. The molecular weight excluding hydrogens is 288 g/mol. The zero-order valence-electron chi connectivity index (χ0n) is 13.6. The van der Waals surface area contributed by atoms with Crippen LogP contribution in [0.3, 0.4) is 0 Å². The average molecular weight is 314 g/mol. The van der Waals surface area contributed by atoms with Gasteiger partial charge in [-0.2, -0.15) is 0 Å². The molecule has 3 heteroatoms. The molecule has 0 bridgehead atoms. The second-order valence-electron chi connectivity index (χ2n) is 6.40. The summed E-state index contributed by atoms with van der Waals surface area (Å²) in [6.45, 7) is 0. The number of allylic oxidation sites excluding steroid dienone is 2. The molecule has 1 aliphatic rings. The molecule has 0 aromatic heterocycles. The van der Waals surface area contributed by atoms with E-state index in [2.05, 4.69) is 30.3 Å². The highest BCUT2D eigenvalue weighted by Gasteiger charge is 2.28. The van der Waals surface area contributed by atoms with Crippen LogP contribution in [-0.2, 0) is 16.0 Å². The van der Waals surface area contributed by atoms with Gasteiger partial charge in [0.15, 0.2) is 5.78 Å². The molecule has 0 aliphatic heterocycles. The van der Waals surface area contributed by atoms with Gasteiger partial charge in [-0.05, 0) is 43.2 Å². The highest BCUT2D eigenvalue weighted by molar-refractivity contribution is 5.94. The van der Waals surface area contributed by atoms with Crippen molar-refractivity contribution >= 4 is 11.8 Å². The number of aliphatic carboxylic acids is 1. The van der Waals surface area contributed by atoms with Crippen molar-refractivity contribution in [3.8, 4) is 0 Å². The summed E-state index contributed by atoms with van der Waals surface area (Å²) in [4.78, 5) is 22.5. The number of benzene rings is 1. The first-order chi connectivity index (χ1) is 11.2. The fourth-order valence-corrected chi connectivity index (χ4v) is 3.31. The van der Waals surface area contributed by atoms with Crippen LogP contribution in [0.4, 0.5) is 0 Å². The number of unbranched alkanes of at least 4 members (excludes halogenated alkanes) is 3. The van der Waals surface area contributed by atoms with Gasteiger partial charge in [-0.3, -0.25) is 9.59 Å². The topological polar surface area (TPSA) is 54.4 Å². The van der Waals surface area contributed by atoms with E-state index < -0.39 is 5.97 Å². The first kappa shape index (κ1) is 17.5. The molecule has 0 radical (unpaired) electrons. The van der Waals surface area contributed by atoms with Crippen LogP contribution in [0.5, 0.6) is 0 Å². The van der Waals surface area contributed by atoms with Crippen LogP contribution in [0.2, 0.25) is 0 Å².